The van der Waals surface area contributed by atoms with E-state index in [0.717, 1.165) is 12.6 Å². The highest BCUT2D eigenvalue weighted by Gasteiger charge is 2.46. The number of hydrogen-bond acceptors (Lipinski definition) is 4. The molecule has 0 aromatic rings. The van der Waals surface area contributed by atoms with Gasteiger partial charge in [-0.15, -0.1) is 0 Å². The van der Waals surface area contributed by atoms with Crippen molar-refractivity contribution in [2.75, 3.05) is 39.8 Å². The zero-order valence-electron chi connectivity index (χ0n) is 13.5. The Kier molecular flexibility index (Phi) is 4.83. The average Bonchev–Trinajstić information content (AvgIpc) is 3.39. The summed E-state index contributed by atoms with van der Waals surface area (Å²) in [5, 5.41) is 13.0. The van der Waals surface area contributed by atoms with Crippen molar-refractivity contribution in [3.05, 3.63) is 0 Å². The fraction of sp³-hybridized carbons (Fsp3) is 0.941. The van der Waals surface area contributed by atoms with Crippen molar-refractivity contribution in [2.45, 2.75) is 56.5 Å². The molecule has 0 aromatic heterocycles. The maximum absolute atomic E-state index is 9.63. The second-order valence-corrected chi connectivity index (χ2v) is 7.21. The quantitative estimate of drug-likeness (QED) is 0.839. The van der Waals surface area contributed by atoms with Crippen molar-refractivity contribution in [3.8, 4) is 6.07 Å². The van der Waals surface area contributed by atoms with E-state index in [1.54, 1.807) is 0 Å². The van der Waals surface area contributed by atoms with E-state index in [4.69, 9.17) is 0 Å². The Balaban J connectivity index is 1.50. The standard InChI is InChI=1S/C17H30N4/c1-19-17(13-18,15-5-6-15)14-20-11-7-16(8-12-20)21-9-3-2-4-10-21/h15-16,19H,2-12,14H2,1H3. The van der Waals surface area contributed by atoms with Gasteiger partial charge in [-0.25, -0.2) is 0 Å². The van der Waals surface area contributed by atoms with Crippen LogP contribution in [-0.2, 0) is 0 Å². The van der Waals surface area contributed by atoms with Gasteiger partial charge in [0.15, 0.2) is 0 Å². The van der Waals surface area contributed by atoms with Crippen LogP contribution >= 0.6 is 0 Å². The minimum atomic E-state index is -0.294. The molecule has 4 heteroatoms. The number of nitrogens with zero attached hydrogens (tertiary/aromatic N) is 3. The molecule has 2 heterocycles. The minimum Gasteiger partial charge on any atom is -0.301 e. The van der Waals surface area contributed by atoms with E-state index in [2.05, 4.69) is 21.2 Å². The first kappa shape index (κ1) is 15.3. The van der Waals surface area contributed by atoms with Crippen LogP contribution in [0.3, 0.4) is 0 Å². The molecule has 21 heavy (non-hydrogen) atoms. The number of likely N-dealkylation sites (N-methyl/N-ethyl adjacent to an activating group) is 1. The molecule has 118 valence electrons. The lowest BCUT2D eigenvalue weighted by Crippen LogP contribution is -2.56. The number of hydrogen-bond donors (Lipinski definition) is 1. The van der Waals surface area contributed by atoms with Gasteiger partial charge >= 0.3 is 0 Å². The second-order valence-electron chi connectivity index (χ2n) is 7.21. The van der Waals surface area contributed by atoms with Crippen LogP contribution in [0.1, 0.15) is 44.9 Å². The molecule has 1 aliphatic carbocycles. The minimum absolute atomic E-state index is 0.294. The third-order valence-electron chi connectivity index (χ3n) is 5.86. The molecule has 0 bridgehead atoms. The van der Waals surface area contributed by atoms with Crippen LogP contribution in [0.25, 0.3) is 0 Å². The molecule has 1 N–H and O–H groups in total. The lowest BCUT2D eigenvalue weighted by Gasteiger charge is -2.42. The van der Waals surface area contributed by atoms with Crippen molar-refractivity contribution in [1.29, 1.82) is 5.26 Å². The number of rotatable bonds is 5. The van der Waals surface area contributed by atoms with Gasteiger partial charge in [-0.2, -0.15) is 5.26 Å². The number of nitrogens with one attached hydrogen (secondary N) is 1. The molecule has 2 aliphatic heterocycles. The molecule has 1 unspecified atom stereocenters. The van der Waals surface area contributed by atoms with Crippen molar-refractivity contribution >= 4 is 0 Å². The molecule has 3 fully saturated rings. The molecule has 0 spiro atoms. The number of likely N-dealkylation sites (tertiary alicyclic amines) is 2. The van der Waals surface area contributed by atoms with Crippen LogP contribution in [0.4, 0.5) is 0 Å². The maximum atomic E-state index is 9.63. The summed E-state index contributed by atoms with van der Waals surface area (Å²) >= 11 is 0. The molecule has 4 nitrogen and oxygen atoms in total. The van der Waals surface area contributed by atoms with Crippen LogP contribution in [0.5, 0.6) is 0 Å². The third kappa shape index (κ3) is 3.41. The lowest BCUT2D eigenvalue weighted by atomic mass is 9.92. The van der Waals surface area contributed by atoms with Crippen LogP contribution in [-0.4, -0.2) is 61.2 Å². The van der Waals surface area contributed by atoms with Crippen LogP contribution < -0.4 is 5.32 Å². The van der Waals surface area contributed by atoms with E-state index in [-0.39, 0.29) is 5.54 Å². The molecule has 0 radical (unpaired) electrons. The fourth-order valence-corrected chi connectivity index (χ4v) is 4.25. The van der Waals surface area contributed by atoms with Crippen LogP contribution in [0.15, 0.2) is 0 Å². The van der Waals surface area contributed by atoms with E-state index >= 15 is 0 Å². The molecular formula is C17H30N4. The molecule has 3 aliphatic rings. The highest BCUT2D eigenvalue weighted by Crippen LogP contribution is 2.40. The SMILES string of the molecule is CNC(C#N)(CN1CCC(N2CCCCC2)CC1)C1CC1. The topological polar surface area (TPSA) is 42.3 Å². The zero-order chi connectivity index (χ0) is 14.7. The predicted molar refractivity (Wildman–Crippen MR) is 85.0 cm³/mol. The highest BCUT2D eigenvalue weighted by molar-refractivity contribution is 5.16. The average molecular weight is 290 g/mol. The molecule has 3 rings (SSSR count). The van der Waals surface area contributed by atoms with Crippen molar-refractivity contribution < 1.29 is 0 Å². The lowest BCUT2D eigenvalue weighted by molar-refractivity contribution is 0.0811. The summed E-state index contributed by atoms with van der Waals surface area (Å²) < 4.78 is 0. The monoisotopic (exact) mass is 290 g/mol. The van der Waals surface area contributed by atoms with Crippen LogP contribution in [0.2, 0.25) is 0 Å². The summed E-state index contributed by atoms with van der Waals surface area (Å²) in [5.74, 6) is 0.576. The summed E-state index contributed by atoms with van der Waals surface area (Å²) in [4.78, 5) is 5.25. The Morgan fingerprint density at radius 3 is 2.24 bits per heavy atom. The van der Waals surface area contributed by atoms with Gasteiger partial charge in [0.2, 0.25) is 0 Å². The van der Waals surface area contributed by atoms with Crippen molar-refractivity contribution in [2.24, 2.45) is 5.92 Å². The smallest absolute Gasteiger partial charge is 0.122 e. The van der Waals surface area contributed by atoms with E-state index in [1.165, 1.54) is 71.1 Å². The van der Waals surface area contributed by atoms with E-state index in [1.807, 2.05) is 7.05 Å². The molecular weight excluding hydrogens is 260 g/mol. The summed E-state index contributed by atoms with van der Waals surface area (Å²) in [6, 6.07) is 3.39. The van der Waals surface area contributed by atoms with Crippen molar-refractivity contribution in [1.82, 2.24) is 15.1 Å². The predicted octanol–water partition coefficient (Wildman–Crippen LogP) is 1.83. The first-order valence-corrected chi connectivity index (χ1v) is 8.84. The van der Waals surface area contributed by atoms with E-state index < -0.39 is 0 Å². The summed E-state index contributed by atoms with van der Waals surface area (Å²) in [5.41, 5.74) is -0.294. The Hall–Kier alpha value is -0.630. The molecule has 1 saturated carbocycles. The normalized spacial score (nSPS) is 29.0. The van der Waals surface area contributed by atoms with Crippen molar-refractivity contribution in [3.63, 3.8) is 0 Å². The summed E-state index contributed by atoms with van der Waals surface area (Å²) in [7, 11) is 1.96. The Bertz CT molecular complexity index is 373. The molecule has 0 aromatic carbocycles. The van der Waals surface area contributed by atoms with Gasteiger partial charge in [-0.1, -0.05) is 6.42 Å². The van der Waals surface area contributed by atoms with Gasteiger partial charge < -0.3 is 15.1 Å². The van der Waals surface area contributed by atoms with Gasteiger partial charge in [0.25, 0.3) is 0 Å². The Labute approximate surface area is 129 Å². The first-order chi connectivity index (χ1) is 10.3. The van der Waals surface area contributed by atoms with E-state index in [9.17, 15) is 5.26 Å². The summed E-state index contributed by atoms with van der Waals surface area (Å²) in [6.07, 6.45) is 9.21. The van der Waals surface area contributed by atoms with Gasteiger partial charge in [0, 0.05) is 12.6 Å². The number of piperidine rings is 2. The Morgan fingerprint density at radius 1 is 1.05 bits per heavy atom. The highest BCUT2D eigenvalue weighted by atomic mass is 15.2. The zero-order valence-corrected chi connectivity index (χ0v) is 13.5. The Morgan fingerprint density at radius 2 is 1.71 bits per heavy atom. The van der Waals surface area contributed by atoms with Gasteiger partial charge in [0.1, 0.15) is 5.54 Å². The van der Waals surface area contributed by atoms with Crippen LogP contribution in [0, 0.1) is 17.2 Å². The maximum Gasteiger partial charge on any atom is 0.122 e. The molecule has 0 amide bonds. The molecule has 1 atom stereocenters. The number of nitriles is 1. The van der Waals surface area contributed by atoms with Gasteiger partial charge in [0.05, 0.1) is 6.07 Å². The largest absolute Gasteiger partial charge is 0.301 e. The first-order valence-electron chi connectivity index (χ1n) is 8.84. The molecule has 2 saturated heterocycles. The second kappa shape index (κ2) is 6.64. The summed E-state index contributed by atoms with van der Waals surface area (Å²) in [6.45, 7) is 5.87. The van der Waals surface area contributed by atoms with Gasteiger partial charge in [-0.3, -0.25) is 0 Å². The van der Waals surface area contributed by atoms with Gasteiger partial charge in [-0.05, 0) is 77.7 Å². The van der Waals surface area contributed by atoms with E-state index in [0.29, 0.717) is 5.92 Å². The fourth-order valence-electron chi connectivity index (χ4n) is 4.25. The third-order valence-corrected chi connectivity index (χ3v) is 5.86.